The molecule has 3 heterocycles. The second-order valence-electron chi connectivity index (χ2n) is 9.10. The highest BCUT2D eigenvalue weighted by molar-refractivity contribution is 6.32. The van der Waals surface area contributed by atoms with Crippen LogP contribution in [0.2, 0.25) is 5.15 Å². The second kappa shape index (κ2) is 9.20. The fourth-order valence-electron chi connectivity index (χ4n) is 4.55. The maximum Gasteiger partial charge on any atom is 0.253 e. The molecule has 0 atom stereocenters. The lowest BCUT2D eigenvalue weighted by molar-refractivity contribution is 0.0602. The van der Waals surface area contributed by atoms with Crippen molar-refractivity contribution in [2.75, 3.05) is 45.1 Å². The normalized spacial score (nSPS) is 16.4. The molecule has 2 aliphatic rings. The predicted molar refractivity (Wildman–Crippen MR) is 133 cm³/mol. The molecule has 33 heavy (non-hydrogen) atoms. The molecule has 2 N–H and O–H groups in total. The van der Waals surface area contributed by atoms with Gasteiger partial charge < -0.3 is 20.1 Å². The number of likely N-dealkylation sites (tertiary alicyclic amines) is 2. The van der Waals surface area contributed by atoms with Crippen molar-refractivity contribution in [1.29, 1.82) is 0 Å². The highest BCUT2D eigenvalue weighted by atomic mass is 35.5. The van der Waals surface area contributed by atoms with Gasteiger partial charge in [-0.2, -0.15) is 0 Å². The van der Waals surface area contributed by atoms with Crippen molar-refractivity contribution in [3.63, 3.8) is 0 Å². The number of imidazole rings is 1. The fourth-order valence-corrected chi connectivity index (χ4v) is 4.80. The van der Waals surface area contributed by atoms with Crippen molar-refractivity contribution in [1.82, 2.24) is 19.8 Å². The highest BCUT2D eigenvalue weighted by Crippen LogP contribution is 2.32. The third-order valence-electron chi connectivity index (χ3n) is 6.92. The van der Waals surface area contributed by atoms with Gasteiger partial charge in [0.1, 0.15) is 5.82 Å². The second-order valence-corrected chi connectivity index (χ2v) is 9.46. The molecule has 0 saturated carbocycles. The number of nitrogens with one attached hydrogen (secondary N) is 2. The minimum atomic E-state index is 0.0630. The molecule has 2 aromatic carbocycles. The Morgan fingerprint density at radius 1 is 1.18 bits per heavy atom. The number of rotatable bonds is 7. The number of benzene rings is 2. The van der Waals surface area contributed by atoms with Crippen molar-refractivity contribution in [3.05, 3.63) is 70.1 Å². The Hall–Kier alpha value is -2.83. The molecule has 7 heteroatoms. The van der Waals surface area contributed by atoms with Crippen LogP contribution in [0.5, 0.6) is 0 Å². The molecule has 1 aromatic heterocycles. The summed E-state index contributed by atoms with van der Waals surface area (Å²) in [6, 6.07) is 14.3. The Morgan fingerprint density at radius 2 is 1.94 bits per heavy atom. The number of carbonyl (C=O) groups excluding carboxylic acids is 1. The Balaban J connectivity index is 1.27. The van der Waals surface area contributed by atoms with E-state index >= 15 is 0 Å². The molecule has 6 nitrogen and oxygen atoms in total. The SMILES string of the molecule is CNc1ccc(C2CN(C(=O)c3ccc(C)c(-c4[nH]c(CCN5CCC5)nc4Cl)c3)C2)cc1. The first-order valence-electron chi connectivity index (χ1n) is 11.7. The van der Waals surface area contributed by atoms with Crippen molar-refractivity contribution in [2.24, 2.45) is 0 Å². The molecule has 5 rings (SSSR count). The average molecular weight is 464 g/mol. The van der Waals surface area contributed by atoms with Crippen molar-refractivity contribution in [2.45, 2.75) is 25.7 Å². The van der Waals surface area contributed by atoms with Gasteiger partial charge in [0.05, 0.1) is 5.69 Å². The number of H-pyrrole nitrogens is 1. The maximum atomic E-state index is 13.2. The summed E-state index contributed by atoms with van der Waals surface area (Å²) in [6.45, 7) is 6.86. The van der Waals surface area contributed by atoms with E-state index in [1.807, 2.05) is 37.1 Å². The average Bonchev–Trinajstić information content (AvgIpc) is 3.12. The van der Waals surface area contributed by atoms with Crippen LogP contribution in [-0.2, 0) is 6.42 Å². The first-order chi connectivity index (χ1) is 16.0. The lowest BCUT2D eigenvalue weighted by Crippen LogP contribution is -2.48. The molecular formula is C26H30ClN5O. The summed E-state index contributed by atoms with van der Waals surface area (Å²) < 4.78 is 0. The summed E-state index contributed by atoms with van der Waals surface area (Å²) in [5.74, 6) is 1.35. The lowest BCUT2D eigenvalue weighted by Gasteiger charge is -2.39. The van der Waals surface area contributed by atoms with E-state index in [9.17, 15) is 4.79 Å². The number of aromatic amines is 1. The predicted octanol–water partition coefficient (Wildman–Crippen LogP) is 4.57. The first kappa shape index (κ1) is 22.0. The standard InChI is InChI=1S/C26H30ClN5O/c1-17-4-5-19(26(33)32-15-20(16-32)18-6-8-21(28-2)9-7-18)14-22(17)24-25(27)30-23(29-24)10-13-31-11-3-12-31/h4-9,14,20,28H,3,10-13,15-16H2,1-2H3,(H,29,30). The topological polar surface area (TPSA) is 64.3 Å². The number of nitrogens with zero attached hydrogens (tertiary/aromatic N) is 3. The molecule has 0 radical (unpaired) electrons. The largest absolute Gasteiger partial charge is 0.388 e. The Morgan fingerprint density at radius 3 is 2.61 bits per heavy atom. The number of aromatic nitrogens is 2. The van der Waals surface area contributed by atoms with Crippen LogP contribution in [0.4, 0.5) is 5.69 Å². The quantitative estimate of drug-likeness (QED) is 0.538. The summed E-state index contributed by atoms with van der Waals surface area (Å²) in [5.41, 5.74) is 5.86. The van der Waals surface area contributed by atoms with Crippen molar-refractivity contribution in [3.8, 4) is 11.3 Å². The van der Waals surface area contributed by atoms with Gasteiger partial charge in [-0.05, 0) is 61.8 Å². The monoisotopic (exact) mass is 463 g/mol. The van der Waals surface area contributed by atoms with E-state index in [0.29, 0.717) is 16.6 Å². The maximum absolute atomic E-state index is 13.2. The van der Waals surface area contributed by atoms with E-state index in [0.717, 1.165) is 54.4 Å². The van der Waals surface area contributed by atoms with Gasteiger partial charge in [-0.3, -0.25) is 4.79 Å². The number of amides is 1. The van der Waals surface area contributed by atoms with Crippen LogP contribution in [0.3, 0.4) is 0 Å². The summed E-state index contributed by atoms with van der Waals surface area (Å²) in [5, 5.41) is 3.61. The van der Waals surface area contributed by atoms with Gasteiger partial charge in [-0.15, -0.1) is 0 Å². The molecule has 0 bridgehead atoms. The van der Waals surface area contributed by atoms with Crippen LogP contribution < -0.4 is 5.32 Å². The van der Waals surface area contributed by atoms with E-state index in [4.69, 9.17) is 11.6 Å². The molecule has 172 valence electrons. The fraction of sp³-hybridized carbons (Fsp3) is 0.385. The molecule has 2 fully saturated rings. The smallest absolute Gasteiger partial charge is 0.253 e. The number of aryl methyl sites for hydroxylation is 1. The van der Waals surface area contributed by atoms with Crippen LogP contribution in [0.25, 0.3) is 11.3 Å². The lowest BCUT2D eigenvalue weighted by atomic mass is 9.90. The molecule has 0 aliphatic carbocycles. The van der Waals surface area contributed by atoms with Gasteiger partial charge in [0.25, 0.3) is 5.91 Å². The molecule has 3 aromatic rings. The van der Waals surface area contributed by atoms with Gasteiger partial charge >= 0.3 is 0 Å². The zero-order chi connectivity index (χ0) is 22.9. The van der Waals surface area contributed by atoms with E-state index in [2.05, 4.69) is 44.5 Å². The third kappa shape index (κ3) is 4.50. The number of halogens is 1. The summed E-state index contributed by atoms with van der Waals surface area (Å²) in [7, 11) is 1.92. The van der Waals surface area contributed by atoms with Gasteiger partial charge in [0.2, 0.25) is 0 Å². The van der Waals surface area contributed by atoms with Crippen LogP contribution >= 0.6 is 11.6 Å². The van der Waals surface area contributed by atoms with Crippen molar-refractivity contribution < 1.29 is 4.79 Å². The molecule has 2 saturated heterocycles. The third-order valence-corrected chi connectivity index (χ3v) is 7.19. The molecule has 2 aliphatic heterocycles. The van der Waals surface area contributed by atoms with Crippen molar-refractivity contribution >= 4 is 23.2 Å². The molecule has 0 unspecified atom stereocenters. The van der Waals surface area contributed by atoms with Gasteiger partial charge in [-0.25, -0.2) is 4.98 Å². The Kier molecular flexibility index (Phi) is 6.13. The summed E-state index contributed by atoms with van der Waals surface area (Å²) >= 11 is 6.50. The zero-order valence-electron chi connectivity index (χ0n) is 19.2. The Labute approximate surface area is 200 Å². The first-order valence-corrected chi connectivity index (χ1v) is 12.0. The number of hydrogen-bond acceptors (Lipinski definition) is 4. The highest BCUT2D eigenvalue weighted by Gasteiger charge is 2.32. The molecule has 0 spiro atoms. The Bertz CT molecular complexity index is 1150. The van der Waals surface area contributed by atoms with E-state index < -0.39 is 0 Å². The van der Waals surface area contributed by atoms with Crippen LogP contribution in [0.15, 0.2) is 42.5 Å². The van der Waals surface area contributed by atoms with E-state index in [1.165, 1.54) is 25.1 Å². The summed E-state index contributed by atoms with van der Waals surface area (Å²) in [4.78, 5) is 25.4. The molecule has 1 amide bonds. The minimum Gasteiger partial charge on any atom is -0.388 e. The number of anilines is 1. The van der Waals surface area contributed by atoms with Gasteiger partial charge in [0, 0.05) is 55.8 Å². The van der Waals surface area contributed by atoms with E-state index in [1.54, 1.807) is 0 Å². The van der Waals surface area contributed by atoms with Gasteiger partial charge in [-0.1, -0.05) is 29.8 Å². The number of hydrogen-bond donors (Lipinski definition) is 2. The summed E-state index contributed by atoms with van der Waals surface area (Å²) in [6.07, 6.45) is 2.13. The van der Waals surface area contributed by atoms with Crippen LogP contribution in [-0.4, -0.2) is 65.4 Å². The van der Waals surface area contributed by atoms with E-state index in [-0.39, 0.29) is 5.91 Å². The van der Waals surface area contributed by atoms with Gasteiger partial charge in [0.15, 0.2) is 5.15 Å². The van der Waals surface area contributed by atoms with Crippen LogP contribution in [0.1, 0.15) is 39.6 Å². The minimum absolute atomic E-state index is 0.0630. The zero-order valence-corrected chi connectivity index (χ0v) is 20.0. The van der Waals surface area contributed by atoms with Crippen LogP contribution in [0, 0.1) is 6.92 Å². The molecular weight excluding hydrogens is 434 g/mol. The number of carbonyl (C=O) groups is 1.